The summed E-state index contributed by atoms with van der Waals surface area (Å²) in [6.45, 7) is 3.06. The molecule has 2 rings (SSSR count). The first-order chi connectivity index (χ1) is 7.83. The molecule has 1 saturated heterocycles. The van der Waals surface area contributed by atoms with Crippen LogP contribution in [0.25, 0.3) is 0 Å². The number of nitrogens with zero attached hydrogens (tertiary/aromatic N) is 1. The van der Waals surface area contributed by atoms with Crippen LogP contribution in [-0.4, -0.2) is 39.5 Å². The quantitative estimate of drug-likeness (QED) is 0.824. The van der Waals surface area contributed by atoms with Crippen LogP contribution in [0.2, 0.25) is 0 Å². The van der Waals surface area contributed by atoms with Crippen LogP contribution in [0.5, 0.6) is 5.75 Å². The Morgan fingerprint density at radius 3 is 3.19 bits per heavy atom. The van der Waals surface area contributed by atoms with Crippen molar-refractivity contribution in [2.24, 2.45) is 5.73 Å². The minimum absolute atomic E-state index is 0.139. The van der Waals surface area contributed by atoms with Crippen molar-refractivity contribution in [2.45, 2.75) is 6.10 Å². The van der Waals surface area contributed by atoms with Gasteiger partial charge in [-0.05, 0) is 12.1 Å². The van der Waals surface area contributed by atoms with Gasteiger partial charge in [-0.25, -0.2) is 0 Å². The van der Waals surface area contributed by atoms with Crippen molar-refractivity contribution in [3.63, 3.8) is 0 Å². The number of anilines is 1. The Labute approximate surface area is 95.9 Å². The van der Waals surface area contributed by atoms with Crippen molar-refractivity contribution in [1.29, 1.82) is 0 Å². The normalized spacial score (nSPS) is 20.9. The lowest BCUT2D eigenvalue weighted by Crippen LogP contribution is -2.45. The van der Waals surface area contributed by atoms with E-state index in [-0.39, 0.29) is 6.10 Å². The molecule has 0 spiro atoms. The third-order valence-electron chi connectivity index (χ3n) is 2.82. The fraction of sp³-hybridized carbons (Fsp3) is 0.500. The van der Waals surface area contributed by atoms with Gasteiger partial charge in [0.05, 0.1) is 19.8 Å². The van der Waals surface area contributed by atoms with Gasteiger partial charge in [0.25, 0.3) is 0 Å². The van der Waals surface area contributed by atoms with Crippen LogP contribution in [0.1, 0.15) is 0 Å². The monoisotopic (exact) mass is 222 g/mol. The first kappa shape index (κ1) is 11.2. The average molecular weight is 222 g/mol. The highest BCUT2D eigenvalue weighted by molar-refractivity contribution is 5.51. The Bertz CT molecular complexity index is 344. The molecule has 1 aromatic carbocycles. The number of ether oxygens (including phenoxy) is 2. The molecule has 1 fully saturated rings. The molecule has 0 aliphatic carbocycles. The maximum absolute atomic E-state index is 5.62. The summed E-state index contributed by atoms with van der Waals surface area (Å²) < 4.78 is 10.8. The number of rotatable bonds is 3. The molecule has 4 nitrogen and oxygen atoms in total. The van der Waals surface area contributed by atoms with E-state index in [1.54, 1.807) is 7.11 Å². The van der Waals surface area contributed by atoms with Gasteiger partial charge in [0.1, 0.15) is 5.75 Å². The summed E-state index contributed by atoms with van der Waals surface area (Å²) in [5, 5.41) is 0. The van der Waals surface area contributed by atoms with Crippen molar-refractivity contribution in [2.75, 3.05) is 38.3 Å². The number of methoxy groups -OCH3 is 1. The standard InChI is InChI=1S/C12H18N2O2/c1-15-11-4-2-3-10(7-11)14-5-6-16-12(8-13)9-14/h2-4,7,12H,5-6,8-9,13H2,1H3. The van der Waals surface area contributed by atoms with Gasteiger partial charge in [-0.1, -0.05) is 6.07 Å². The lowest BCUT2D eigenvalue weighted by Gasteiger charge is -2.34. The van der Waals surface area contributed by atoms with E-state index in [9.17, 15) is 0 Å². The highest BCUT2D eigenvalue weighted by atomic mass is 16.5. The second kappa shape index (κ2) is 5.18. The van der Waals surface area contributed by atoms with Crippen molar-refractivity contribution < 1.29 is 9.47 Å². The van der Waals surface area contributed by atoms with Crippen LogP contribution < -0.4 is 15.4 Å². The molecule has 1 unspecified atom stereocenters. The number of nitrogens with two attached hydrogens (primary N) is 1. The van der Waals surface area contributed by atoms with E-state index in [1.807, 2.05) is 18.2 Å². The maximum Gasteiger partial charge on any atom is 0.120 e. The maximum atomic E-state index is 5.62. The average Bonchev–Trinajstić information content (AvgIpc) is 2.39. The van der Waals surface area contributed by atoms with Crippen molar-refractivity contribution in [3.8, 4) is 5.75 Å². The summed E-state index contributed by atoms with van der Waals surface area (Å²) in [5.41, 5.74) is 6.79. The molecule has 1 aliphatic rings. The summed E-state index contributed by atoms with van der Waals surface area (Å²) in [7, 11) is 1.68. The Morgan fingerprint density at radius 2 is 2.44 bits per heavy atom. The molecule has 1 heterocycles. The number of benzene rings is 1. The number of hydrogen-bond acceptors (Lipinski definition) is 4. The largest absolute Gasteiger partial charge is 0.497 e. The second-order valence-electron chi connectivity index (χ2n) is 3.88. The van der Waals surface area contributed by atoms with E-state index >= 15 is 0 Å². The molecule has 0 saturated carbocycles. The molecule has 16 heavy (non-hydrogen) atoms. The molecule has 0 radical (unpaired) electrons. The predicted molar refractivity (Wildman–Crippen MR) is 64.0 cm³/mol. The van der Waals surface area contributed by atoms with E-state index in [0.717, 1.165) is 25.4 Å². The Balaban J connectivity index is 2.10. The highest BCUT2D eigenvalue weighted by Crippen LogP contribution is 2.22. The summed E-state index contributed by atoms with van der Waals surface area (Å²) in [4.78, 5) is 2.28. The zero-order chi connectivity index (χ0) is 11.4. The summed E-state index contributed by atoms with van der Waals surface area (Å²) in [5.74, 6) is 0.883. The summed E-state index contributed by atoms with van der Waals surface area (Å²) >= 11 is 0. The van der Waals surface area contributed by atoms with Gasteiger partial charge in [0.2, 0.25) is 0 Å². The zero-order valence-electron chi connectivity index (χ0n) is 9.56. The van der Waals surface area contributed by atoms with Gasteiger partial charge >= 0.3 is 0 Å². The van der Waals surface area contributed by atoms with Crippen molar-refractivity contribution >= 4 is 5.69 Å². The molecule has 4 heteroatoms. The molecule has 2 N–H and O–H groups in total. The van der Waals surface area contributed by atoms with E-state index in [1.165, 1.54) is 5.69 Å². The van der Waals surface area contributed by atoms with E-state index in [0.29, 0.717) is 6.54 Å². The summed E-state index contributed by atoms with van der Waals surface area (Å²) in [6.07, 6.45) is 0.139. The molecule has 1 aliphatic heterocycles. The van der Waals surface area contributed by atoms with Crippen molar-refractivity contribution in [1.82, 2.24) is 0 Å². The highest BCUT2D eigenvalue weighted by Gasteiger charge is 2.19. The van der Waals surface area contributed by atoms with Gasteiger partial charge in [0.15, 0.2) is 0 Å². The molecule has 88 valence electrons. The van der Waals surface area contributed by atoms with Crippen molar-refractivity contribution in [3.05, 3.63) is 24.3 Å². The molecular formula is C12H18N2O2. The SMILES string of the molecule is COc1cccc(N2CCOC(CN)C2)c1. The molecule has 0 bridgehead atoms. The molecule has 1 aromatic rings. The summed E-state index contributed by atoms with van der Waals surface area (Å²) in [6, 6.07) is 8.08. The first-order valence-corrected chi connectivity index (χ1v) is 5.54. The third kappa shape index (κ3) is 2.46. The Morgan fingerprint density at radius 1 is 1.56 bits per heavy atom. The van der Waals surface area contributed by atoms with E-state index in [2.05, 4.69) is 11.0 Å². The fourth-order valence-electron chi connectivity index (χ4n) is 1.90. The molecule has 0 amide bonds. The van der Waals surface area contributed by atoms with Crippen LogP contribution in [0.3, 0.4) is 0 Å². The molecular weight excluding hydrogens is 204 g/mol. The van der Waals surface area contributed by atoms with Crippen LogP contribution in [0.15, 0.2) is 24.3 Å². The van der Waals surface area contributed by atoms with Crippen LogP contribution >= 0.6 is 0 Å². The predicted octanol–water partition coefficient (Wildman–Crippen LogP) is 0.859. The zero-order valence-corrected chi connectivity index (χ0v) is 9.56. The topological polar surface area (TPSA) is 47.7 Å². The Hall–Kier alpha value is -1.26. The van der Waals surface area contributed by atoms with E-state index in [4.69, 9.17) is 15.2 Å². The minimum Gasteiger partial charge on any atom is -0.497 e. The van der Waals surface area contributed by atoms with Crippen LogP contribution in [0, 0.1) is 0 Å². The molecule has 0 aromatic heterocycles. The smallest absolute Gasteiger partial charge is 0.120 e. The van der Waals surface area contributed by atoms with Gasteiger partial charge < -0.3 is 20.1 Å². The lowest BCUT2D eigenvalue weighted by atomic mass is 10.2. The van der Waals surface area contributed by atoms with Gasteiger partial charge in [-0.3, -0.25) is 0 Å². The van der Waals surface area contributed by atoms with E-state index < -0.39 is 0 Å². The minimum atomic E-state index is 0.139. The lowest BCUT2D eigenvalue weighted by molar-refractivity contribution is 0.0465. The van der Waals surface area contributed by atoms with Crippen LogP contribution in [0.4, 0.5) is 5.69 Å². The van der Waals surface area contributed by atoms with Gasteiger partial charge in [0, 0.05) is 31.4 Å². The first-order valence-electron chi connectivity index (χ1n) is 5.54. The van der Waals surface area contributed by atoms with Gasteiger partial charge in [-0.15, -0.1) is 0 Å². The number of morpholine rings is 1. The second-order valence-corrected chi connectivity index (χ2v) is 3.88. The van der Waals surface area contributed by atoms with Crippen LogP contribution in [-0.2, 0) is 4.74 Å². The van der Waals surface area contributed by atoms with Gasteiger partial charge in [-0.2, -0.15) is 0 Å². The molecule has 1 atom stereocenters. The Kier molecular flexibility index (Phi) is 3.64. The number of hydrogen-bond donors (Lipinski definition) is 1. The third-order valence-corrected chi connectivity index (χ3v) is 2.82. The fourth-order valence-corrected chi connectivity index (χ4v) is 1.90.